The molecular weight excluding hydrogens is 330 g/mol. The molecule has 5 heteroatoms. The lowest BCUT2D eigenvalue weighted by molar-refractivity contribution is -0.118. The second-order valence-corrected chi connectivity index (χ2v) is 8.01. The van der Waals surface area contributed by atoms with E-state index in [1.807, 2.05) is 42.5 Å². The van der Waals surface area contributed by atoms with Crippen LogP contribution in [0, 0.1) is 0 Å². The van der Waals surface area contributed by atoms with E-state index in [0.29, 0.717) is 5.17 Å². The summed E-state index contributed by atoms with van der Waals surface area (Å²) in [7, 11) is 0. The molecule has 1 aliphatic heterocycles. The number of nitrogens with zero attached hydrogens (tertiary/aromatic N) is 2. The summed E-state index contributed by atoms with van der Waals surface area (Å²) in [4.78, 5) is 12.1. The number of hydrogen-bond acceptors (Lipinski definition) is 4. The minimum absolute atomic E-state index is 0.0559. The van der Waals surface area contributed by atoms with Crippen molar-refractivity contribution in [1.29, 1.82) is 0 Å². The van der Waals surface area contributed by atoms with Gasteiger partial charge in [-0.1, -0.05) is 87.1 Å². The van der Waals surface area contributed by atoms with E-state index in [1.54, 1.807) is 6.21 Å². The number of hydrogen-bond donors (Lipinski definition) is 1. The number of carbonyl (C=O) groups excluding carboxylic acids is 1. The summed E-state index contributed by atoms with van der Waals surface area (Å²) in [5, 5.41) is 11.3. The van der Waals surface area contributed by atoms with Gasteiger partial charge in [-0.15, -0.1) is 5.10 Å². The molecule has 1 unspecified atom stereocenters. The van der Waals surface area contributed by atoms with Crippen molar-refractivity contribution in [2.75, 3.05) is 0 Å². The van der Waals surface area contributed by atoms with Gasteiger partial charge in [0.15, 0.2) is 5.17 Å². The van der Waals surface area contributed by atoms with Crippen molar-refractivity contribution >= 4 is 29.1 Å². The molecule has 1 amide bonds. The quantitative estimate of drug-likeness (QED) is 0.663. The Morgan fingerprint density at radius 1 is 1.04 bits per heavy atom. The van der Waals surface area contributed by atoms with Crippen LogP contribution in [0.5, 0.6) is 0 Å². The SMILES string of the molecule is CC(C)(C)c1ccc(C=N/N=C2\NC(=O)C(c3ccccc3)S2)cc1. The second-order valence-electron chi connectivity index (χ2n) is 6.92. The van der Waals surface area contributed by atoms with Crippen LogP contribution < -0.4 is 5.32 Å². The summed E-state index contributed by atoms with van der Waals surface area (Å²) < 4.78 is 0. The highest BCUT2D eigenvalue weighted by Gasteiger charge is 2.31. The van der Waals surface area contributed by atoms with Crippen molar-refractivity contribution in [3.8, 4) is 0 Å². The number of rotatable bonds is 3. The van der Waals surface area contributed by atoms with Crippen molar-refractivity contribution in [2.24, 2.45) is 10.2 Å². The molecular formula is C20H21N3OS. The van der Waals surface area contributed by atoms with E-state index in [1.165, 1.54) is 17.3 Å². The fourth-order valence-corrected chi connectivity index (χ4v) is 3.41. The molecule has 1 N–H and O–H groups in total. The molecule has 0 radical (unpaired) electrons. The Morgan fingerprint density at radius 2 is 1.72 bits per heavy atom. The zero-order valence-corrected chi connectivity index (χ0v) is 15.4. The summed E-state index contributed by atoms with van der Waals surface area (Å²) in [6, 6.07) is 17.9. The summed E-state index contributed by atoms with van der Waals surface area (Å²) in [5.41, 5.74) is 3.36. The smallest absolute Gasteiger partial charge is 0.244 e. The molecule has 0 aliphatic carbocycles. The molecule has 3 rings (SSSR count). The molecule has 25 heavy (non-hydrogen) atoms. The van der Waals surface area contributed by atoms with Crippen molar-refractivity contribution < 1.29 is 4.79 Å². The lowest BCUT2D eigenvalue weighted by Crippen LogP contribution is -2.21. The summed E-state index contributed by atoms with van der Waals surface area (Å²) in [6.07, 6.45) is 1.70. The first-order valence-corrected chi connectivity index (χ1v) is 9.05. The maximum absolute atomic E-state index is 12.1. The molecule has 0 spiro atoms. The topological polar surface area (TPSA) is 53.8 Å². The van der Waals surface area contributed by atoms with Crippen molar-refractivity contribution in [3.05, 3.63) is 71.3 Å². The van der Waals surface area contributed by atoms with Gasteiger partial charge >= 0.3 is 0 Å². The standard InChI is InChI=1S/C20H21N3OS/c1-20(2,3)16-11-9-14(10-12-16)13-21-23-19-22-18(24)17(25-19)15-7-5-4-6-8-15/h4-13,17H,1-3H3,(H,22,23,24). The molecule has 0 aromatic heterocycles. The molecule has 2 aromatic rings. The monoisotopic (exact) mass is 351 g/mol. The summed E-state index contributed by atoms with van der Waals surface area (Å²) in [6.45, 7) is 6.56. The molecule has 1 saturated heterocycles. The van der Waals surface area contributed by atoms with Gasteiger partial charge in [-0.2, -0.15) is 5.10 Å². The van der Waals surface area contributed by atoms with Crippen molar-refractivity contribution in [3.63, 3.8) is 0 Å². The normalized spacial score (nSPS) is 19.6. The van der Waals surface area contributed by atoms with Gasteiger partial charge in [0, 0.05) is 0 Å². The molecule has 2 aromatic carbocycles. The minimum atomic E-state index is -0.263. The van der Waals surface area contributed by atoms with Crippen LogP contribution in [-0.4, -0.2) is 17.3 Å². The highest BCUT2D eigenvalue weighted by molar-refractivity contribution is 8.15. The maximum atomic E-state index is 12.1. The molecule has 1 fully saturated rings. The average molecular weight is 351 g/mol. The van der Waals surface area contributed by atoms with Crippen LogP contribution in [0.2, 0.25) is 0 Å². The van der Waals surface area contributed by atoms with Crippen LogP contribution in [0.15, 0.2) is 64.8 Å². The van der Waals surface area contributed by atoms with Gasteiger partial charge in [-0.3, -0.25) is 4.79 Å². The van der Waals surface area contributed by atoms with Crippen molar-refractivity contribution in [2.45, 2.75) is 31.4 Å². The average Bonchev–Trinajstić information content (AvgIpc) is 2.96. The number of amidine groups is 1. The first kappa shape index (κ1) is 17.4. The number of nitrogens with one attached hydrogen (secondary N) is 1. The molecule has 128 valence electrons. The van der Waals surface area contributed by atoms with Gasteiger partial charge in [-0.05, 0) is 22.1 Å². The molecule has 1 heterocycles. The van der Waals surface area contributed by atoms with E-state index in [0.717, 1.165) is 11.1 Å². The maximum Gasteiger partial charge on any atom is 0.244 e. The van der Waals surface area contributed by atoms with Gasteiger partial charge in [0.25, 0.3) is 0 Å². The van der Waals surface area contributed by atoms with E-state index in [2.05, 4.69) is 48.4 Å². The highest BCUT2D eigenvalue weighted by Crippen LogP contribution is 2.34. The largest absolute Gasteiger partial charge is 0.302 e. The van der Waals surface area contributed by atoms with Gasteiger partial charge in [0.05, 0.1) is 6.21 Å². The Morgan fingerprint density at radius 3 is 2.36 bits per heavy atom. The predicted molar refractivity (Wildman–Crippen MR) is 105 cm³/mol. The van der Waals surface area contributed by atoms with E-state index < -0.39 is 0 Å². The Balaban J connectivity index is 1.66. The van der Waals surface area contributed by atoms with Crippen LogP contribution in [0.3, 0.4) is 0 Å². The zero-order valence-electron chi connectivity index (χ0n) is 14.6. The van der Waals surface area contributed by atoms with Crippen LogP contribution in [0.25, 0.3) is 0 Å². The highest BCUT2D eigenvalue weighted by atomic mass is 32.2. The minimum Gasteiger partial charge on any atom is -0.302 e. The molecule has 4 nitrogen and oxygen atoms in total. The lowest BCUT2D eigenvalue weighted by Gasteiger charge is -2.18. The van der Waals surface area contributed by atoms with E-state index in [-0.39, 0.29) is 16.6 Å². The third-order valence-electron chi connectivity index (χ3n) is 3.93. The van der Waals surface area contributed by atoms with E-state index >= 15 is 0 Å². The number of amides is 1. The van der Waals surface area contributed by atoms with Crippen LogP contribution in [0.4, 0.5) is 0 Å². The predicted octanol–water partition coefficient (Wildman–Crippen LogP) is 4.28. The van der Waals surface area contributed by atoms with Gasteiger partial charge in [0.2, 0.25) is 5.91 Å². The van der Waals surface area contributed by atoms with Crippen LogP contribution in [-0.2, 0) is 10.2 Å². The third-order valence-corrected chi connectivity index (χ3v) is 5.06. The molecule has 0 saturated carbocycles. The Kier molecular flexibility index (Phi) is 5.04. The lowest BCUT2D eigenvalue weighted by atomic mass is 9.87. The fraction of sp³-hybridized carbons (Fsp3) is 0.250. The summed E-state index contributed by atoms with van der Waals surface area (Å²) in [5.74, 6) is -0.0559. The Bertz CT molecular complexity index is 805. The Hall–Kier alpha value is -2.40. The van der Waals surface area contributed by atoms with Gasteiger partial charge in [-0.25, -0.2) is 0 Å². The molecule has 0 bridgehead atoms. The molecule has 1 atom stereocenters. The van der Waals surface area contributed by atoms with Crippen molar-refractivity contribution in [1.82, 2.24) is 5.32 Å². The third kappa shape index (κ3) is 4.37. The number of thioether (sulfide) groups is 1. The van der Waals surface area contributed by atoms with Crippen LogP contribution in [0.1, 0.15) is 42.7 Å². The number of benzene rings is 2. The van der Waals surface area contributed by atoms with Gasteiger partial charge in [0.1, 0.15) is 5.25 Å². The van der Waals surface area contributed by atoms with Gasteiger partial charge < -0.3 is 5.32 Å². The first-order valence-electron chi connectivity index (χ1n) is 8.17. The number of carbonyl (C=O) groups is 1. The first-order chi connectivity index (χ1) is 11.9. The Labute approximate surface area is 152 Å². The van der Waals surface area contributed by atoms with E-state index in [9.17, 15) is 4.79 Å². The zero-order chi connectivity index (χ0) is 17.9. The summed E-state index contributed by atoms with van der Waals surface area (Å²) >= 11 is 1.39. The van der Waals surface area contributed by atoms with Crippen LogP contribution >= 0.6 is 11.8 Å². The van der Waals surface area contributed by atoms with E-state index in [4.69, 9.17) is 0 Å². The second kappa shape index (κ2) is 7.23. The molecule has 1 aliphatic rings. The fourth-order valence-electron chi connectivity index (χ4n) is 2.48.